The van der Waals surface area contributed by atoms with Crippen LogP contribution in [0.5, 0.6) is 11.5 Å². The maximum atomic E-state index is 13.0. The summed E-state index contributed by atoms with van der Waals surface area (Å²) in [6.45, 7) is 4.59. The molecule has 192 valence electrons. The number of thioether (sulfide) groups is 1. The average Bonchev–Trinajstić information content (AvgIpc) is 3.17. The van der Waals surface area contributed by atoms with E-state index >= 15 is 0 Å². The fourth-order valence-electron chi connectivity index (χ4n) is 4.39. The number of rotatable bonds is 8. The Hall–Kier alpha value is -3.43. The molecular weight excluding hydrogens is 508 g/mol. The van der Waals surface area contributed by atoms with Crippen LogP contribution in [0.15, 0.2) is 58.9 Å². The standard InChI is InChI=1S/C28H28N2O5S2/c1-17-26(27(33)30(29-17)21-9-5-4-6-10-21)28(36)37-15-7-8-20-11-12-22-23(16-20)25(35-19(3)32)14-13-24(22)34-18(2)31/h4-6,9-11,13-14,29H,7-8,12,15-16H2,1-3H3. The number of hydrogen-bond donors (Lipinski definition) is 1. The van der Waals surface area contributed by atoms with Gasteiger partial charge in [-0.2, -0.15) is 0 Å². The lowest BCUT2D eigenvalue weighted by Gasteiger charge is -2.22. The van der Waals surface area contributed by atoms with E-state index in [1.807, 2.05) is 37.3 Å². The van der Waals surface area contributed by atoms with Crippen LogP contribution in [0.3, 0.4) is 0 Å². The van der Waals surface area contributed by atoms with Gasteiger partial charge in [-0.1, -0.05) is 42.1 Å². The number of para-hydroxylation sites is 1. The van der Waals surface area contributed by atoms with E-state index in [1.54, 1.807) is 12.1 Å². The molecule has 1 aliphatic rings. The van der Waals surface area contributed by atoms with Crippen molar-refractivity contribution in [2.75, 3.05) is 5.75 Å². The van der Waals surface area contributed by atoms with Crippen molar-refractivity contribution in [3.63, 3.8) is 0 Å². The highest BCUT2D eigenvalue weighted by atomic mass is 32.2. The van der Waals surface area contributed by atoms with Crippen LogP contribution in [0.25, 0.3) is 5.69 Å². The lowest BCUT2D eigenvalue weighted by atomic mass is 9.88. The average molecular weight is 537 g/mol. The Labute approximate surface area is 224 Å². The number of thiocarbonyl (C=S) groups is 1. The molecule has 7 nitrogen and oxygen atoms in total. The number of aromatic nitrogens is 2. The number of nitrogens with zero attached hydrogens (tertiary/aromatic N) is 1. The van der Waals surface area contributed by atoms with Gasteiger partial charge < -0.3 is 9.47 Å². The molecule has 0 amide bonds. The maximum Gasteiger partial charge on any atom is 0.308 e. The molecule has 0 radical (unpaired) electrons. The van der Waals surface area contributed by atoms with Gasteiger partial charge in [0.15, 0.2) is 0 Å². The molecule has 0 saturated carbocycles. The van der Waals surface area contributed by atoms with E-state index in [1.165, 1.54) is 35.9 Å². The van der Waals surface area contributed by atoms with Crippen LogP contribution < -0.4 is 15.0 Å². The summed E-state index contributed by atoms with van der Waals surface area (Å²) < 4.78 is 12.9. The molecule has 9 heteroatoms. The molecule has 1 aromatic heterocycles. The first kappa shape index (κ1) is 26.6. The fraction of sp³-hybridized carbons (Fsp3) is 0.286. The van der Waals surface area contributed by atoms with Gasteiger partial charge in [0.25, 0.3) is 5.56 Å². The Balaban J connectivity index is 1.38. The quantitative estimate of drug-likeness (QED) is 0.138. The van der Waals surface area contributed by atoms with Crippen molar-refractivity contribution in [1.29, 1.82) is 0 Å². The zero-order valence-electron chi connectivity index (χ0n) is 21.0. The minimum absolute atomic E-state index is 0.144. The zero-order chi connectivity index (χ0) is 26.5. The Morgan fingerprint density at radius 2 is 1.68 bits per heavy atom. The molecule has 0 fully saturated rings. The second-order valence-corrected chi connectivity index (χ2v) is 10.5. The van der Waals surface area contributed by atoms with E-state index < -0.39 is 11.9 Å². The predicted molar refractivity (Wildman–Crippen MR) is 149 cm³/mol. The third-order valence-corrected chi connectivity index (χ3v) is 7.53. The molecule has 0 unspecified atom stereocenters. The SMILES string of the molecule is CC(=O)Oc1ccc(OC(C)=O)c2c1CC=C(CCCSC(=S)c1c(C)[nH]n(-c3ccccc3)c1=O)C2. The number of carbonyl (C=O) groups excluding carboxylic acids is 2. The topological polar surface area (TPSA) is 90.4 Å². The van der Waals surface area contributed by atoms with Crippen LogP contribution in [-0.4, -0.2) is 31.7 Å². The highest BCUT2D eigenvalue weighted by Crippen LogP contribution is 2.37. The van der Waals surface area contributed by atoms with Crippen molar-refractivity contribution >= 4 is 40.1 Å². The molecule has 1 N–H and O–H groups in total. The Kier molecular flexibility index (Phi) is 8.45. The fourth-order valence-corrected chi connectivity index (χ4v) is 5.74. The summed E-state index contributed by atoms with van der Waals surface area (Å²) in [6.07, 6.45) is 5.06. The summed E-state index contributed by atoms with van der Waals surface area (Å²) in [4.78, 5) is 36.1. The Morgan fingerprint density at radius 3 is 2.32 bits per heavy atom. The molecule has 2 aromatic carbocycles. The van der Waals surface area contributed by atoms with Crippen LogP contribution in [0.1, 0.15) is 49.1 Å². The number of H-pyrrole nitrogens is 1. The molecule has 0 spiro atoms. The zero-order valence-corrected chi connectivity index (χ0v) is 22.6. The summed E-state index contributed by atoms with van der Waals surface area (Å²) in [7, 11) is 0. The molecule has 0 aliphatic heterocycles. The summed E-state index contributed by atoms with van der Waals surface area (Å²) in [5.41, 5.74) is 4.87. The number of allylic oxidation sites excluding steroid dienone is 2. The first-order valence-electron chi connectivity index (χ1n) is 12.0. The number of nitrogens with one attached hydrogen (secondary N) is 1. The second kappa shape index (κ2) is 11.7. The number of ether oxygens (including phenoxy) is 2. The van der Waals surface area contributed by atoms with Gasteiger partial charge >= 0.3 is 11.9 Å². The summed E-state index contributed by atoms with van der Waals surface area (Å²) >= 11 is 7.12. The van der Waals surface area contributed by atoms with E-state index in [4.69, 9.17) is 21.7 Å². The van der Waals surface area contributed by atoms with Gasteiger partial charge in [0.05, 0.1) is 15.4 Å². The van der Waals surface area contributed by atoms with Gasteiger partial charge in [0.2, 0.25) is 0 Å². The van der Waals surface area contributed by atoms with Crippen molar-refractivity contribution in [3.05, 3.63) is 86.9 Å². The normalized spacial score (nSPS) is 12.5. The van der Waals surface area contributed by atoms with E-state index in [-0.39, 0.29) is 5.56 Å². The maximum absolute atomic E-state index is 13.0. The Bertz CT molecular complexity index is 1440. The first-order chi connectivity index (χ1) is 17.7. The summed E-state index contributed by atoms with van der Waals surface area (Å²) in [6, 6.07) is 12.8. The van der Waals surface area contributed by atoms with Crippen LogP contribution in [0, 0.1) is 6.92 Å². The monoisotopic (exact) mass is 536 g/mol. The van der Waals surface area contributed by atoms with Crippen molar-refractivity contribution in [3.8, 4) is 17.2 Å². The Morgan fingerprint density at radius 1 is 1.03 bits per heavy atom. The van der Waals surface area contributed by atoms with Crippen molar-refractivity contribution < 1.29 is 19.1 Å². The van der Waals surface area contributed by atoms with Crippen molar-refractivity contribution in [2.24, 2.45) is 0 Å². The lowest BCUT2D eigenvalue weighted by molar-refractivity contribution is -0.133. The number of fused-ring (bicyclic) bond motifs is 1. The molecule has 0 bridgehead atoms. The van der Waals surface area contributed by atoms with E-state index in [0.717, 1.165) is 41.1 Å². The molecule has 1 heterocycles. The van der Waals surface area contributed by atoms with Gasteiger partial charge in [-0.25, -0.2) is 4.68 Å². The third kappa shape index (κ3) is 6.29. The molecule has 1 aliphatic carbocycles. The number of aromatic amines is 1. The van der Waals surface area contributed by atoms with Crippen LogP contribution in [-0.2, 0) is 22.4 Å². The van der Waals surface area contributed by atoms with E-state index in [2.05, 4.69) is 11.2 Å². The smallest absolute Gasteiger partial charge is 0.308 e. The number of esters is 2. The first-order valence-corrected chi connectivity index (χ1v) is 13.4. The van der Waals surface area contributed by atoms with Crippen LogP contribution >= 0.6 is 24.0 Å². The number of aryl methyl sites for hydroxylation is 1. The number of hydrogen-bond acceptors (Lipinski definition) is 7. The minimum Gasteiger partial charge on any atom is -0.426 e. The minimum atomic E-state index is -0.394. The number of carbonyl (C=O) groups is 2. The van der Waals surface area contributed by atoms with Gasteiger partial charge in [-0.3, -0.25) is 19.5 Å². The van der Waals surface area contributed by atoms with Gasteiger partial charge in [0.1, 0.15) is 11.5 Å². The van der Waals surface area contributed by atoms with Gasteiger partial charge in [0, 0.05) is 30.7 Å². The second-order valence-electron chi connectivity index (χ2n) is 8.78. The predicted octanol–water partition coefficient (Wildman–Crippen LogP) is 5.24. The molecular formula is C28H28N2O5S2. The molecule has 0 atom stereocenters. The largest absolute Gasteiger partial charge is 0.426 e. The molecule has 4 rings (SSSR count). The molecule has 37 heavy (non-hydrogen) atoms. The highest BCUT2D eigenvalue weighted by Gasteiger charge is 2.22. The third-order valence-electron chi connectivity index (χ3n) is 6.02. The van der Waals surface area contributed by atoms with Crippen LogP contribution in [0.2, 0.25) is 0 Å². The van der Waals surface area contributed by atoms with Crippen molar-refractivity contribution in [2.45, 2.75) is 46.5 Å². The van der Waals surface area contributed by atoms with Gasteiger partial charge in [-0.05, 0) is 62.6 Å². The summed E-state index contributed by atoms with van der Waals surface area (Å²) in [5.74, 6) is 0.978. The lowest BCUT2D eigenvalue weighted by Crippen LogP contribution is -2.19. The van der Waals surface area contributed by atoms with Crippen molar-refractivity contribution in [1.82, 2.24) is 9.78 Å². The van der Waals surface area contributed by atoms with Crippen LogP contribution in [0.4, 0.5) is 0 Å². The molecule has 0 saturated heterocycles. The van der Waals surface area contributed by atoms with E-state index in [0.29, 0.717) is 34.1 Å². The summed E-state index contributed by atoms with van der Waals surface area (Å²) in [5, 5.41) is 3.12. The van der Waals surface area contributed by atoms with E-state index in [9.17, 15) is 14.4 Å². The van der Waals surface area contributed by atoms with Gasteiger partial charge in [-0.15, -0.1) is 11.8 Å². The number of benzene rings is 2. The highest BCUT2D eigenvalue weighted by molar-refractivity contribution is 8.23. The molecule has 3 aromatic rings.